The van der Waals surface area contributed by atoms with Crippen molar-refractivity contribution < 1.29 is 56.8 Å². The van der Waals surface area contributed by atoms with Crippen molar-refractivity contribution in [1.82, 2.24) is 0 Å². The van der Waals surface area contributed by atoms with Crippen LogP contribution in [0.5, 0.6) is 0 Å². The van der Waals surface area contributed by atoms with E-state index >= 15 is 0 Å². The van der Waals surface area contributed by atoms with Crippen molar-refractivity contribution >= 4 is 22.1 Å². The van der Waals surface area contributed by atoms with E-state index < -0.39 is 71.2 Å². The third-order valence-electron chi connectivity index (χ3n) is 11.5. The maximum absolute atomic E-state index is 12.8. The number of allylic oxidation sites excluding steroid dienone is 4. The van der Waals surface area contributed by atoms with Crippen molar-refractivity contribution in [2.45, 2.75) is 256 Å². The molecule has 0 saturated carbocycles. The molecule has 0 spiro atoms. The first kappa shape index (κ1) is 58.1. The van der Waals surface area contributed by atoms with Crippen molar-refractivity contribution in [2.75, 3.05) is 19.0 Å². The summed E-state index contributed by atoms with van der Waals surface area (Å²) in [5.41, 5.74) is 0. The van der Waals surface area contributed by atoms with E-state index in [9.17, 15) is 37.9 Å². The van der Waals surface area contributed by atoms with Gasteiger partial charge in [0.2, 0.25) is 0 Å². The molecule has 12 nitrogen and oxygen atoms in total. The van der Waals surface area contributed by atoms with Gasteiger partial charge < -0.3 is 34.3 Å². The number of carbonyl (C=O) groups excluding carboxylic acids is 2. The molecule has 1 aliphatic rings. The van der Waals surface area contributed by atoms with Gasteiger partial charge in [0, 0.05) is 12.8 Å². The van der Waals surface area contributed by atoms with Crippen LogP contribution in [-0.2, 0) is 38.7 Å². The molecule has 1 fully saturated rings. The molecule has 1 heterocycles. The van der Waals surface area contributed by atoms with Gasteiger partial charge in [-0.2, -0.15) is 8.42 Å². The monoisotopic (exact) mass is 903 g/mol. The molecule has 0 aromatic heterocycles. The predicted molar refractivity (Wildman–Crippen MR) is 247 cm³/mol. The summed E-state index contributed by atoms with van der Waals surface area (Å²) in [6.07, 6.45) is 35.1. The zero-order chi connectivity index (χ0) is 45.5. The van der Waals surface area contributed by atoms with Gasteiger partial charge in [0.1, 0.15) is 36.8 Å². The Balaban J connectivity index is 2.36. The molecule has 0 bridgehead atoms. The second-order valence-corrected chi connectivity index (χ2v) is 19.0. The standard InChI is InChI=1S/C49H90O12S/c1-3-5-7-9-11-13-15-17-18-19-20-21-22-23-24-26-27-29-31-33-35-37-44(50)58-39-42(40-59-49-48(54)47(53)46(52)43(61-49)41-62(55,56)57)60-45(51)38-36-34-32-30-28-25-16-14-12-10-8-6-4-2/h17-18,25,28,42-43,46-49,52-54H,3-16,19-24,26-27,29-41H2,1-2H3,(H,55,56,57)/b18-17+,28-25+/t42-,43-,46-,47?,48?,49+/m1/s1. The second kappa shape index (κ2) is 39.5. The molecule has 1 aliphatic heterocycles. The zero-order valence-corrected chi connectivity index (χ0v) is 39.8. The lowest BCUT2D eigenvalue weighted by molar-refractivity contribution is -0.297. The Morgan fingerprint density at radius 3 is 1.35 bits per heavy atom. The molecule has 62 heavy (non-hydrogen) atoms. The first-order chi connectivity index (χ1) is 30.0. The fourth-order valence-electron chi connectivity index (χ4n) is 7.61. The Hall–Kier alpha value is -1.87. The quantitative estimate of drug-likeness (QED) is 0.0197. The van der Waals surface area contributed by atoms with Crippen molar-refractivity contribution in [3.8, 4) is 0 Å². The van der Waals surface area contributed by atoms with E-state index in [0.29, 0.717) is 12.8 Å². The van der Waals surface area contributed by atoms with E-state index in [2.05, 4.69) is 38.2 Å². The highest BCUT2D eigenvalue weighted by atomic mass is 32.2. The SMILES string of the molecule is CCCCCCCC/C=C/CCCCCCCCCCCCCC(=O)OC[C@H](CO[C@H]1O[C@H](CS(=O)(=O)O)[C@@H](O)C(O)C1O)OC(=O)CCCCC/C=C/CCCCCCCC. The number of aliphatic hydroxyl groups excluding tert-OH is 3. The van der Waals surface area contributed by atoms with Crippen LogP contribution in [0.25, 0.3) is 0 Å². The highest BCUT2D eigenvalue weighted by Gasteiger charge is 2.46. The van der Waals surface area contributed by atoms with Crippen molar-refractivity contribution in [2.24, 2.45) is 0 Å². The lowest BCUT2D eigenvalue weighted by Crippen LogP contribution is -2.60. The van der Waals surface area contributed by atoms with Crippen LogP contribution in [-0.4, -0.2) is 96.0 Å². The molecule has 4 N–H and O–H groups in total. The van der Waals surface area contributed by atoms with Gasteiger partial charge in [-0.1, -0.05) is 167 Å². The Morgan fingerprint density at radius 1 is 0.532 bits per heavy atom. The van der Waals surface area contributed by atoms with Crippen LogP contribution >= 0.6 is 0 Å². The van der Waals surface area contributed by atoms with Gasteiger partial charge in [-0.25, -0.2) is 0 Å². The minimum absolute atomic E-state index is 0.146. The summed E-state index contributed by atoms with van der Waals surface area (Å²) < 4.78 is 54.1. The summed E-state index contributed by atoms with van der Waals surface area (Å²) in [5.74, 6) is -2.00. The summed E-state index contributed by atoms with van der Waals surface area (Å²) in [7, 11) is -4.60. The average Bonchev–Trinajstić information content (AvgIpc) is 3.24. The topological polar surface area (TPSA) is 186 Å². The van der Waals surface area contributed by atoms with Gasteiger partial charge >= 0.3 is 11.9 Å². The van der Waals surface area contributed by atoms with Crippen LogP contribution < -0.4 is 0 Å². The van der Waals surface area contributed by atoms with Crippen LogP contribution in [0.4, 0.5) is 0 Å². The van der Waals surface area contributed by atoms with Crippen LogP contribution in [0, 0.1) is 0 Å². The molecule has 0 aromatic rings. The van der Waals surface area contributed by atoms with Gasteiger partial charge in [0.15, 0.2) is 12.4 Å². The molecular weight excluding hydrogens is 813 g/mol. The third kappa shape index (κ3) is 33.6. The molecule has 13 heteroatoms. The van der Waals surface area contributed by atoms with E-state index in [-0.39, 0.29) is 19.4 Å². The van der Waals surface area contributed by atoms with E-state index in [1.807, 2.05) is 0 Å². The highest BCUT2D eigenvalue weighted by molar-refractivity contribution is 7.85. The lowest BCUT2D eigenvalue weighted by Gasteiger charge is -2.40. The molecule has 0 aromatic carbocycles. The van der Waals surface area contributed by atoms with Crippen molar-refractivity contribution in [3.05, 3.63) is 24.3 Å². The normalized spacial score (nSPS) is 20.0. The van der Waals surface area contributed by atoms with Gasteiger partial charge in [-0.3, -0.25) is 14.1 Å². The summed E-state index contributed by atoms with van der Waals surface area (Å²) in [6, 6.07) is 0. The molecule has 0 radical (unpaired) electrons. The number of rotatable bonds is 42. The fraction of sp³-hybridized carbons (Fsp3) is 0.878. The fourth-order valence-corrected chi connectivity index (χ4v) is 8.30. The average molecular weight is 903 g/mol. The third-order valence-corrected chi connectivity index (χ3v) is 12.3. The minimum Gasteiger partial charge on any atom is -0.462 e. The van der Waals surface area contributed by atoms with Crippen LogP contribution in [0.2, 0.25) is 0 Å². The summed E-state index contributed by atoms with van der Waals surface area (Å²) in [6.45, 7) is 3.75. The number of esters is 2. The van der Waals surface area contributed by atoms with Crippen LogP contribution in [0.3, 0.4) is 0 Å². The molecule has 2 unspecified atom stereocenters. The van der Waals surface area contributed by atoms with E-state index in [1.54, 1.807) is 0 Å². The Labute approximate surface area is 377 Å². The van der Waals surface area contributed by atoms with E-state index in [4.69, 9.17) is 18.9 Å². The van der Waals surface area contributed by atoms with Crippen LogP contribution in [0.15, 0.2) is 24.3 Å². The summed E-state index contributed by atoms with van der Waals surface area (Å²) in [4.78, 5) is 25.4. The Morgan fingerprint density at radius 2 is 0.919 bits per heavy atom. The molecule has 6 atom stereocenters. The molecule has 364 valence electrons. The van der Waals surface area contributed by atoms with Crippen LogP contribution in [0.1, 0.15) is 219 Å². The van der Waals surface area contributed by atoms with Gasteiger partial charge in [-0.05, 0) is 64.2 Å². The molecule has 1 saturated heterocycles. The minimum atomic E-state index is -4.60. The Kier molecular flexibility index (Phi) is 37.0. The smallest absolute Gasteiger partial charge is 0.306 e. The maximum Gasteiger partial charge on any atom is 0.306 e. The number of ether oxygens (including phenoxy) is 4. The molecule has 0 amide bonds. The summed E-state index contributed by atoms with van der Waals surface area (Å²) >= 11 is 0. The molecule has 0 aliphatic carbocycles. The largest absolute Gasteiger partial charge is 0.462 e. The van der Waals surface area contributed by atoms with Gasteiger partial charge in [0.25, 0.3) is 10.1 Å². The van der Waals surface area contributed by atoms with Gasteiger partial charge in [0.05, 0.1) is 6.61 Å². The second-order valence-electron chi connectivity index (χ2n) is 17.5. The summed E-state index contributed by atoms with van der Waals surface area (Å²) in [5, 5.41) is 30.9. The first-order valence-electron chi connectivity index (χ1n) is 24.9. The molecule has 1 rings (SSSR count). The number of aliphatic hydroxyl groups is 3. The van der Waals surface area contributed by atoms with Crippen molar-refractivity contribution in [1.29, 1.82) is 0 Å². The van der Waals surface area contributed by atoms with E-state index in [0.717, 1.165) is 44.9 Å². The molecular formula is C49H90O12S. The maximum atomic E-state index is 12.8. The zero-order valence-electron chi connectivity index (χ0n) is 39.0. The number of hydrogen-bond donors (Lipinski definition) is 4. The number of hydrogen-bond acceptors (Lipinski definition) is 11. The lowest BCUT2D eigenvalue weighted by atomic mass is 10.00. The predicted octanol–water partition coefficient (Wildman–Crippen LogP) is 10.8. The Bertz CT molecular complexity index is 1240. The number of carbonyl (C=O) groups is 2. The first-order valence-corrected chi connectivity index (χ1v) is 26.5. The number of unbranched alkanes of at least 4 members (excludes halogenated alkanes) is 26. The van der Waals surface area contributed by atoms with Gasteiger partial charge in [-0.15, -0.1) is 0 Å². The van der Waals surface area contributed by atoms with Crippen molar-refractivity contribution in [3.63, 3.8) is 0 Å². The van der Waals surface area contributed by atoms with E-state index in [1.165, 1.54) is 135 Å². The highest BCUT2D eigenvalue weighted by Crippen LogP contribution is 2.24.